The van der Waals surface area contributed by atoms with Crippen molar-refractivity contribution in [1.82, 2.24) is 10.2 Å². The predicted molar refractivity (Wildman–Crippen MR) is 113 cm³/mol. The number of piperidine rings is 1. The summed E-state index contributed by atoms with van der Waals surface area (Å²) in [5, 5.41) is 3.34. The molecule has 3 atom stereocenters. The second kappa shape index (κ2) is 7.37. The van der Waals surface area contributed by atoms with E-state index in [1.807, 2.05) is 18.2 Å². The van der Waals surface area contributed by atoms with Gasteiger partial charge in [-0.25, -0.2) is 0 Å². The van der Waals surface area contributed by atoms with Crippen LogP contribution in [0.1, 0.15) is 71.5 Å². The zero-order valence-corrected chi connectivity index (χ0v) is 17.6. The molecule has 164 valence electrons. The molecule has 3 nitrogen and oxygen atoms in total. The van der Waals surface area contributed by atoms with Gasteiger partial charge in [0.1, 0.15) is 0 Å². The van der Waals surface area contributed by atoms with E-state index in [0.29, 0.717) is 17.2 Å². The average Bonchev–Trinajstić information content (AvgIpc) is 3.55. The van der Waals surface area contributed by atoms with Gasteiger partial charge in [0.25, 0.3) is 5.91 Å². The molecule has 2 aliphatic heterocycles. The minimum Gasteiger partial charge on any atom is -0.341 e. The van der Waals surface area contributed by atoms with Crippen LogP contribution in [0.25, 0.3) is 0 Å². The van der Waals surface area contributed by atoms with Crippen molar-refractivity contribution in [3.05, 3.63) is 70.8 Å². The summed E-state index contributed by atoms with van der Waals surface area (Å²) in [4.78, 5) is 16.0. The van der Waals surface area contributed by atoms with E-state index >= 15 is 0 Å². The lowest BCUT2D eigenvalue weighted by atomic mass is 9.76. The number of fused-ring (bicyclic) bond motifs is 2. The summed E-state index contributed by atoms with van der Waals surface area (Å²) in [5.41, 5.74) is 0.765. The standard InChI is InChI=1S/C25H27F3N2O/c1-30-19-10-12-22(30)24(14-13-19,17-5-3-2-4-6-17)29-23(31)20-11-9-18(25(26,27)28)15-21(20)16-7-8-16/h2-6,9,11,15-16,19,22H,7-8,10,12-14H2,1H3,(H,29,31). The number of hydrogen-bond acceptors (Lipinski definition) is 2. The summed E-state index contributed by atoms with van der Waals surface area (Å²) in [7, 11) is 2.12. The number of hydrogen-bond donors (Lipinski definition) is 1. The first-order valence-electron chi connectivity index (χ1n) is 11.1. The predicted octanol–water partition coefficient (Wildman–Crippen LogP) is 5.46. The quantitative estimate of drug-likeness (QED) is 0.701. The monoisotopic (exact) mass is 428 g/mol. The van der Waals surface area contributed by atoms with Crippen LogP contribution < -0.4 is 5.32 Å². The number of carbonyl (C=O) groups excluding carboxylic acids is 1. The SMILES string of the molecule is CN1C2CCC1C(NC(=O)c1ccc(C(F)(F)F)cc1C1CC1)(c1ccccc1)CC2. The molecule has 2 bridgehead atoms. The third-order valence-electron chi connectivity index (χ3n) is 7.55. The molecule has 0 aromatic heterocycles. The van der Waals surface area contributed by atoms with E-state index in [4.69, 9.17) is 0 Å². The number of carbonyl (C=O) groups is 1. The third-order valence-corrected chi connectivity index (χ3v) is 7.55. The highest BCUT2D eigenvalue weighted by Gasteiger charge is 2.52. The van der Waals surface area contributed by atoms with Gasteiger partial charge in [-0.1, -0.05) is 30.3 Å². The maximum absolute atomic E-state index is 13.6. The number of amides is 1. The number of benzene rings is 2. The Bertz CT molecular complexity index is 986. The summed E-state index contributed by atoms with van der Waals surface area (Å²) in [6.07, 6.45) is 1.19. The van der Waals surface area contributed by atoms with Crippen LogP contribution >= 0.6 is 0 Å². The normalized spacial score (nSPS) is 28.5. The lowest BCUT2D eigenvalue weighted by molar-refractivity contribution is -0.137. The van der Waals surface area contributed by atoms with Gasteiger partial charge in [0.05, 0.1) is 11.1 Å². The molecule has 1 amide bonds. The van der Waals surface area contributed by atoms with E-state index in [1.165, 1.54) is 12.1 Å². The molecule has 1 N–H and O–H groups in total. The fourth-order valence-electron chi connectivity index (χ4n) is 5.75. The van der Waals surface area contributed by atoms with Crippen molar-refractivity contribution >= 4 is 5.91 Å². The van der Waals surface area contributed by atoms with Crippen LogP contribution in [0.5, 0.6) is 0 Å². The van der Waals surface area contributed by atoms with E-state index in [2.05, 4.69) is 29.4 Å². The highest BCUT2D eigenvalue weighted by molar-refractivity contribution is 5.96. The van der Waals surface area contributed by atoms with E-state index in [-0.39, 0.29) is 17.9 Å². The number of halogens is 3. The molecule has 0 spiro atoms. The van der Waals surface area contributed by atoms with Crippen LogP contribution in [0.15, 0.2) is 48.5 Å². The molecule has 2 heterocycles. The number of nitrogens with zero attached hydrogens (tertiary/aromatic N) is 1. The first-order chi connectivity index (χ1) is 14.8. The van der Waals surface area contributed by atoms with Gasteiger partial charge in [-0.05, 0) is 80.8 Å². The van der Waals surface area contributed by atoms with E-state index < -0.39 is 17.3 Å². The van der Waals surface area contributed by atoms with Gasteiger partial charge >= 0.3 is 6.18 Å². The molecule has 6 heteroatoms. The van der Waals surface area contributed by atoms with Crippen LogP contribution in [0.2, 0.25) is 0 Å². The van der Waals surface area contributed by atoms with Gasteiger partial charge in [-0.2, -0.15) is 13.2 Å². The van der Waals surface area contributed by atoms with Gasteiger partial charge in [0.2, 0.25) is 0 Å². The lowest BCUT2D eigenvalue weighted by Gasteiger charge is -2.48. The van der Waals surface area contributed by atoms with Crippen LogP contribution in [0.3, 0.4) is 0 Å². The van der Waals surface area contributed by atoms with E-state index in [9.17, 15) is 18.0 Å². The summed E-state index contributed by atoms with van der Waals surface area (Å²) in [5.74, 6) is -0.223. The third kappa shape index (κ3) is 3.55. The smallest absolute Gasteiger partial charge is 0.341 e. The minimum absolute atomic E-state index is 0.0422. The second-order valence-corrected chi connectivity index (χ2v) is 9.32. The fourth-order valence-corrected chi connectivity index (χ4v) is 5.75. The zero-order chi connectivity index (χ0) is 21.8. The first-order valence-corrected chi connectivity index (χ1v) is 11.1. The summed E-state index contributed by atoms with van der Waals surface area (Å²) >= 11 is 0. The molecule has 2 aromatic carbocycles. The van der Waals surface area contributed by atoms with Crippen molar-refractivity contribution in [3.8, 4) is 0 Å². The fraction of sp³-hybridized carbons (Fsp3) is 0.480. The Morgan fingerprint density at radius 3 is 2.45 bits per heavy atom. The molecular weight excluding hydrogens is 401 g/mol. The van der Waals surface area contributed by atoms with Crippen LogP contribution in [-0.4, -0.2) is 29.9 Å². The molecule has 3 unspecified atom stereocenters. The Kier molecular flexibility index (Phi) is 4.88. The number of nitrogens with one attached hydrogen (secondary N) is 1. The molecule has 2 aromatic rings. The zero-order valence-electron chi connectivity index (χ0n) is 17.6. The van der Waals surface area contributed by atoms with Gasteiger partial charge in [-0.15, -0.1) is 0 Å². The van der Waals surface area contributed by atoms with Crippen LogP contribution in [0.4, 0.5) is 13.2 Å². The highest BCUT2D eigenvalue weighted by Crippen LogP contribution is 2.47. The van der Waals surface area contributed by atoms with E-state index in [1.54, 1.807) is 0 Å². The maximum Gasteiger partial charge on any atom is 0.416 e. The Morgan fingerprint density at radius 1 is 1.03 bits per heavy atom. The molecule has 0 radical (unpaired) electrons. The average molecular weight is 428 g/mol. The van der Waals surface area contributed by atoms with Crippen molar-refractivity contribution in [3.63, 3.8) is 0 Å². The van der Waals surface area contributed by atoms with Gasteiger partial charge in [0, 0.05) is 17.6 Å². The minimum atomic E-state index is -4.41. The van der Waals surface area contributed by atoms with Crippen molar-refractivity contribution < 1.29 is 18.0 Å². The van der Waals surface area contributed by atoms with Crippen molar-refractivity contribution in [2.75, 3.05) is 7.05 Å². The van der Waals surface area contributed by atoms with Gasteiger partial charge in [-0.3, -0.25) is 9.69 Å². The summed E-state index contributed by atoms with van der Waals surface area (Å²) < 4.78 is 39.8. The molecule has 1 aliphatic carbocycles. The Hall–Kier alpha value is -2.34. The number of rotatable bonds is 4. The molecule has 1 saturated carbocycles. The summed E-state index contributed by atoms with van der Waals surface area (Å²) in [6, 6.07) is 14.3. The largest absolute Gasteiger partial charge is 0.416 e. The topological polar surface area (TPSA) is 32.3 Å². The first kappa shape index (κ1) is 20.6. The Balaban J connectivity index is 1.53. The van der Waals surface area contributed by atoms with Crippen LogP contribution in [0, 0.1) is 0 Å². The second-order valence-electron chi connectivity index (χ2n) is 9.32. The molecule has 31 heavy (non-hydrogen) atoms. The molecule has 3 fully saturated rings. The van der Waals surface area contributed by atoms with E-state index in [0.717, 1.165) is 50.2 Å². The highest BCUT2D eigenvalue weighted by atomic mass is 19.4. The van der Waals surface area contributed by atoms with Crippen LogP contribution in [-0.2, 0) is 11.7 Å². The number of likely N-dealkylation sites (N-methyl/N-ethyl adjacent to an activating group) is 1. The van der Waals surface area contributed by atoms with Crippen molar-refractivity contribution in [2.24, 2.45) is 0 Å². The molecule has 5 rings (SSSR count). The van der Waals surface area contributed by atoms with Crippen molar-refractivity contribution in [2.45, 2.75) is 68.2 Å². The Morgan fingerprint density at radius 2 is 1.77 bits per heavy atom. The Labute approximate surface area is 180 Å². The summed E-state index contributed by atoms with van der Waals surface area (Å²) in [6.45, 7) is 0. The molecular formula is C25H27F3N2O. The lowest BCUT2D eigenvalue weighted by Crippen LogP contribution is -2.61. The van der Waals surface area contributed by atoms with Gasteiger partial charge in [0.15, 0.2) is 0 Å². The van der Waals surface area contributed by atoms with Crippen molar-refractivity contribution in [1.29, 1.82) is 0 Å². The number of alkyl halides is 3. The maximum atomic E-state index is 13.6. The van der Waals surface area contributed by atoms with Gasteiger partial charge < -0.3 is 5.32 Å². The molecule has 2 saturated heterocycles. The molecule has 3 aliphatic rings.